The van der Waals surface area contributed by atoms with E-state index in [1.165, 1.54) is 48.5 Å². The maximum atomic E-state index is 12.7. The smallest absolute Gasteiger partial charge is 0.297 e. The van der Waals surface area contributed by atoms with E-state index in [1.54, 1.807) is 13.8 Å². The fraction of sp³-hybridized carbons (Fsp3) is 0.400. The van der Waals surface area contributed by atoms with Crippen LogP contribution in [0.1, 0.15) is 11.1 Å². The molecule has 176 valence electrons. The van der Waals surface area contributed by atoms with E-state index in [0.29, 0.717) is 0 Å². The lowest BCUT2D eigenvalue weighted by Crippen LogP contribution is -2.62. The third kappa shape index (κ3) is 4.87. The topological polar surface area (TPSA) is 168 Å². The largest absolute Gasteiger partial charge is 0.387 e. The van der Waals surface area contributed by atoms with Gasteiger partial charge in [0.1, 0.15) is 18.3 Å². The Labute approximate surface area is 185 Å². The lowest BCUT2D eigenvalue weighted by molar-refractivity contribution is -0.283. The summed E-state index contributed by atoms with van der Waals surface area (Å²) >= 11 is 0. The van der Waals surface area contributed by atoms with Crippen LogP contribution < -0.4 is 0 Å². The molecule has 10 nitrogen and oxygen atoms in total. The maximum Gasteiger partial charge on any atom is 0.297 e. The highest BCUT2D eigenvalue weighted by molar-refractivity contribution is 7.92. The van der Waals surface area contributed by atoms with Crippen LogP contribution in [0.4, 0.5) is 0 Å². The van der Waals surface area contributed by atoms with Crippen molar-refractivity contribution in [3.63, 3.8) is 0 Å². The van der Waals surface area contributed by atoms with Crippen LogP contribution >= 0.6 is 0 Å². The molecule has 2 aromatic carbocycles. The van der Waals surface area contributed by atoms with Crippen molar-refractivity contribution in [2.45, 2.75) is 59.8 Å². The highest BCUT2D eigenvalue weighted by atomic mass is 32.2. The van der Waals surface area contributed by atoms with E-state index in [2.05, 4.69) is 0 Å². The summed E-state index contributed by atoms with van der Waals surface area (Å²) in [6.07, 6.45) is -10.3. The second-order valence-electron chi connectivity index (χ2n) is 7.55. The van der Waals surface area contributed by atoms with Gasteiger partial charge in [-0.3, -0.25) is 4.18 Å². The van der Waals surface area contributed by atoms with Gasteiger partial charge in [0.05, 0.1) is 9.79 Å². The van der Waals surface area contributed by atoms with Crippen LogP contribution in [0.15, 0.2) is 58.3 Å². The summed E-state index contributed by atoms with van der Waals surface area (Å²) < 4.78 is 60.2. The van der Waals surface area contributed by atoms with E-state index in [-0.39, 0.29) is 9.79 Å². The minimum atomic E-state index is -4.47. The monoisotopic (exact) mass is 488 g/mol. The molecular weight excluding hydrogens is 464 g/mol. The lowest BCUT2D eigenvalue weighted by atomic mass is 9.99. The van der Waals surface area contributed by atoms with Gasteiger partial charge in [-0.15, -0.1) is 0 Å². The summed E-state index contributed by atoms with van der Waals surface area (Å²) in [7, 11) is -8.92. The Morgan fingerprint density at radius 1 is 0.812 bits per heavy atom. The van der Waals surface area contributed by atoms with Gasteiger partial charge in [-0.25, -0.2) is 8.42 Å². The molecule has 1 aliphatic rings. The predicted molar refractivity (Wildman–Crippen MR) is 111 cm³/mol. The number of benzene rings is 2. The van der Waals surface area contributed by atoms with Gasteiger partial charge < -0.3 is 25.2 Å². The number of hydrogen-bond donors (Lipinski definition) is 4. The fourth-order valence-corrected chi connectivity index (χ4v) is 5.62. The zero-order valence-corrected chi connectivity index (χ0v) is 18.8. The molecule has 1 fully saturated rings. The predicted octanol–water partition coefficient (Wildman–Crippen LogP) is -0.391. The van der Waals surface area contributed by atoms with Gasteiger partial charge in [-0.1, -0.05) is 35.4 Å². The van der Waals surface area contributed by atoms with Gasteiger partial charge >= 0.3 is 0 Å². The molecule has 0 saturated carbocycles. The standard InChI is InChI=1S/C20H24O10S2/c1-11-3-7-13(8-4-11)31(25,26)20(24)18-16(22)15(21)17(19(23)29-18)30-32(27,28)14-9-5-12(2)6-10-14/h3-10,15-24H,1-2H3/t15-,16-,17+,18-,19-,20?/m0/s1. The molecule has 12 heteroatoms. The minimum Gasteiger partial charge on any atom is -0.387 e. The van der Waals surface area contributed by atoms with Crippen molar-refractivity contribution >= 4 is 20.0 Å². The average molecular weight is 489 g/mol. The first-order valence-corrected chi connectivity index (χ1v) is 12.5. The molecule has 6 atom stereocenters. The zero-order valence-electron chi connectivity index (χ0n) is 17.1. The van der Waals surface area contributed by atoms with E-state index in [0.717, 1.165) is 11.1 Å². The number of rotatable bonds is 6. The number of ether oxygens (including phenoxy) is 1. The van der Waals surface area contributed by atoms with Gasteiger partial charge in [0.25, 0.3) is 10.1 Å². The third-order valence-electron chi connectivity index (χ3n) is 5.10. The van der Waals surface area contributed by atoms with Crippen LogP contribution in [-0.2, 0) is 28.9 Å². The van der Waals surface area contributed by atoms with Crippen molar-refractivity contribution in [2.24, 2.45) is 0 Å². The van der Waals surface area contributed by atoms with E-state index >= 15 is 0 Å². The molecule has 0 spiro atoms. The fourth-order valence-electron chi connectivity index (χ4n) is 3.17. The normalized spacial score (nSPS) is 27.8. The first-order valence-electron chi connectivity index (χ1n) is 9.53. The van der Waals surface area contributed by atoms with Crippen LogP contribution in [0.3, 0.4) is 0 Å². The molecule has 0 aromatic heterocycles. The molecule has 0 aliphatic carbocycles. The summed E-state index contributed by atoms with van der Waals surface area (Å²) in [5.41, 5.74) is -0.806. The first kappa shape index (κ1) is 24.7. The molecule has 1 saturated heterocycles. The Balaban J connectivity index is 1.81. The molecular formula is C20H24O10S2. The summed E-state index contributed by atoms with van der Waals surface area (Å²) in [4.78, 5) is -0.531. The summed E-state index contributed by atoms with van der Waals surface area (Å²) in [5.74, 6) is 0. The van der Waals surface area contributed by atoms with Crippen molar-refractivity contribution in [3.8, 4) is 0 Å². The molecule has 0 bridgehead atoms. The minimum absolute atomic E-state index is 0.263. The Morgan fingerprint density at radius 3 is 1.78 bits per heavy atom. The van der Waals surface area contributed by atoms with Crippen molar-refractivity contribution < 1.29 is 46.2 Å². The Hall–Kier alpha value is -1.90. The summed E-state index contributed by atoms with van der Waals surface area (Å²) in [5, 5.41) is 41.4. The highest BCUT2D eigenvalue weighted by Crippen LogP contribution is 2.30. The average Bonchev–Trinajstić information content (AvgIpc) is 2.74. The Bertz CT molecular complexity index is 1140. The number of aryl methyl sites for hydroxylation is 2. The SMILES string of the molecule is Cc1ccc(S(=O)(=O)O[C@@H]2[C@@H](O)[C@H](O)[C@@H](C(O)S(=O)(=O)c3ccc(C)cc3)O[C@@H]2O)cc1. The second kappa shape index (κ2) is 9.15. The zero-order chi connectivity index (χ0) is 23.8. The maximum absolute atomic E-state index is 12.7. The van der Waals surface area contributed by atoms with E-state index in [9.17, 15) is 37.3 Å². The summed E-state index contributed by atoms with van der Waals surface area (Å²) in [6, 6.07) is 11.0. The molecule has 0 amide bonds. The first-order chi connectivity index (χ1) is 14.8. The molecule has 1 heterocycles. The van der Waals surface area contributed by atoms with Crippen LogP contribution in [-0.4, -0.2) is 73.4 Å². The highest BCUT2D eigenvalue weighted by Gasteiger charge is 2.51. The van der Waals surface area contributed by atoms with E-state index in [4.69, 9.17) is 8.92 Å². The van der Waals surface area contributed by atoms with Crippen LogP contribution in [0, 0.1) is 13.8 Å². The van der Waals surface area contributed by atoms with Crippen molar-refractivity contribution in [2.75, 3.05) is 0 Å². The van der Waals surface area contributed by atoms with Gasteiger partial charge in [0.15, 0.2) is 17.8 Å². The molecule has 4 N–H and O–H groups in total. The Kier molecular flexibility index (Phi) is 7.08. The molecule has 2 aromatic rings. The number of aliphatic hydroxyl groups is 4. The van der Waals surface area contributed by atoms with E-state index in [1.807, 2.05) is 0 Å². The van der Waals surface area contributed by atoms with Crippen LogP contribution in [0.25, 0.3) is 0 Å². The second-order valence-corrected chi connectivity index (χ2v) is 11.2. The van der Waals surface area contributed by atoms with Crippen molar-refractivity contribution in [3.05, 3.63) is 59.7 Å². The molecule has 1 unspecified atom stereocenters. The van der Waals surface area contributed by atoms with E-state index < -0.39 is 56.1 Å². The molecule has 0 radical (unpaired) electrons. The Morgan fingerprint density at radius 2 is 1.28 bits per heavy atom. The molecule has 3 rings (SSSR count). The quantitative estimate of drug-likeness (QED) is 0.393. The van der Waals surface area contributed by atoms with Crippen molar-refractivity contribution in [1.29, 1.82) is 0 Å². The number of hydrogen-bond acceptors (Lipinski definition) is 10. The van der Waals surface area contributed by atoms with Gasteiger partial charge in [0, 0.05) is 0 Å². The number of sulfone groups is 1. The molecule has 1 aliphatic heterocycles. The van der Waals surface area contributed by atoms with Crippen molar-refractivity contribution in [1.82, 2.24) is 0 Å². The van der Waals surface area contributed by atoms with Gasteiger partial charge in [-0.2, -0.15) is 8.42 Å². The number of aliphatic hydroxyl groups excluding tert-OH is 4. The van der Waals surface area contributed by atoms with Crippen LogP contribution in [0.5, 0.6) is 0 Å². The van der Waals surface area contributed by atoms with Crippen LogP contribution in [0.2, 0.25) is 0 Å². The van der Waals surface area contributed by atoms with Gasteiger partial charge in [-0.05, 0) is 38.1 Å². The summed E-state index contributed by atoms with van der Waals surface area (Å²) in [6.45, 7) is 3.48. The third-order valence-corrected chi connectivity index (χ3v) is 8.26. The lowest BCUT2D eigenvalue weighted by Gasteiger charge is -2.41. The molecule has 32 heavy (non-hydrogen) atoms. The van der Waals surface area contributed by atoms with Gasteiger partial charge in [0.2, 0.25) is 9.84 Å².